The molecule has 0 radical (unpaired) electrons. The Morgan fingerprint density at radius 2 is 1.60 bits per heavy atom. The number of carbonyl (C=O) groups excluding carboxylic acids is 1. The number of carbonyl (C=O) groups is 1. The highest BCUT2D eigenvalue weighted by molar-refractivity contribution is 7.89. The Labute approximate surface area is 241 Å². The number of methoxy groups -OCH3 is 4. The van der Waals surface area contributed by atoms with Crippen LogP contribution in [-0.2, 0) is 32.5 Å². The molecule has 0 aliphatic heterocycles. The van der Waals surface area contributed by atoms with Gasteiger partial charge in [0.05, 0.1) is 39.3 Å². The molecule has 0 bridgehead atoms. The fraction of sp³-hybridized carbons (Fsp3) is 0.414. The zero-order valence-corrected chi connectivity index (χ0v) is 25.3. The van der Waals surface area contributed by atoms with Crippen LogP contribution in [0.2, 0.25) is 0 Å². The molecule has 11 heteroatoms. The van der Waals surface area contributed by atoms with Gasteiger partial charge in [-0.2, -0.15) is 4.31 Å². The molecule has 9 nitrogen and oxygen atoms in total. The van der Waals surface area contributed by atoms with Crippen LogP contribution in [0.3, 0.4) is 0 Å². The van der Waals surface area contributed by atoms with E-state index in [0.717, 1.165) is 15.3 Å². The second-order valence-electron chi connectivity index (χ2n) is 9.13. The predicted octanol–water partition coefficient (Wildman–Crippen LogP) is 4.38. The lowest BCUT2D eigenvalue weighted by atomic mass is 10.1. The molecule has 0 atom stereocenters. The summed E-state index contributed by atoms with van der Waals surface area (Å²) in [6.45, 7) is 3.05. The van der Waals surface area contributed by atoms with Gasteiger partial charge in [0.25, 0.3) is 0 Å². The lowest BCUT2D eigenvalue weighted by Gasteiger charge is -2.27. The third kappa shape index (κ3) is 8.44. The zero-order chi connectivity index (χ0) is 29.1. The molecular weight excluding hydrogens is 552 g/mol. The summed E-state index contributed by atoms with van der Waals surface area (Å²) < 4.78 is 49.5. The standard InChI is InChI=1S/C29H38N2O7S2/c1-22-7-11-25(39-22)20-30(17-15-23-8-14-27(37-4)28(19-23)38-5)29(32)21-31(16-6-18-35-2)40(33,34)26-12-9-24(36-3)10-13-26/h7-14,19H,6,15-18,20-21H2,1-5H3. The van der Waals surface area contributed by atoms with Crippen LogP contribution in [0.25, 0.3) is 0 Å². The van der Waals surface area contributed by atoms with Gasteiger partial charge in [0.1, 0.15) is 5.75 Å². The number of ether oxygens (including phenoxy) is 4. The molecule has 0 unspecified atom stereocenters. The molecule has 40 heavy (non-hydrogen) atoms. The maximum absolute atomic E-state index is 13.7. The van der Waals surface area contributed by atoms with Gasteiger partial charge < -0.3 is 23.8 Å². The summed E-state index contributed by atoms with van der Waals surface area (Å²) in [6.07, 6.45) is 1.01. The number of sulfonamides is 1. The van der Waals surface area contributed by atoms with Crippen LogP contribution < -0.4 is 14.2 Å². The summed E-state index contributed by atoms with van der Waals surface area (Å²) in [7, 11) is 2.30. The number of rotatable bonds is 16. The van der Waals surface area contributed by atoms with E-state index < -0.39 is 10.0 Å². The summed E-state index contributed by atoms with van der Waals surface area (Å²) in [4.78, 5) is 17.7. The molecule has 1 amide bonds. The molecule has 2 aromatic carbocycles. The number of hydrogen-bond donors (Lipinski definition) is 0. The van der Waals surface area contributed by atoms with Gasteiger partial charge in [0.2, 0.25) is 15.9 Å². The van der Waals surface area contributed by atoms with Crippen LogP contribution in [0, 0.1) is 6.92 Å². The van der Waals surface area contributed by atoms with E-state index in [-0.39, 0.29) is 23.9 Å². The third-order valence-corrected chi connectivity index (χ3v) is 9.22. The van der Waals surface area contributed by atoms with Crippen LogP contribution in [-0.4, -0.2) is 78.2 Å². The molecule has 1 aromatic heterocycles. The predicted molar refractivity (Wildman–Crippen MR) is 156 cm³/mol. The number of thiophene rings is 1. The van der Waals surface area contributed by atoms with E-state index in [2.05, 4.69) is 0 Å². The minimum Gasteiger partial charge on any atom is -0.497 e. The Morgan fingerprint density at radius 3 is 2.20 bits per heavy atom. The SMILES string of the molecule is COCCCN(CC(=O)N(CCc1ccc(OC)c(OC)c1)Cc1ccc(C)s1)S(=O)(=O)c1ccc(OC)cc1. The summed E-state index contributed by atoms with van der Waals surface area (Å²) in [5, 5.41) is 0. The van der Waals surface area contributed by atoms with E-state index in [1.165, 1.54) is 23.5 Å². The van der Waals surface area contributed by atoms with E-state index in [1.54, 1.807) is 49.7 Å². The quantitative estimate of drug-likeness (QED) is 0.229. The normalized spacial score (nSPS) is 11.4. The van der Waals surface area contributed by atoms with E-state index in [4.69, 9.17) is 18.9 Å². The highest BCUT2D eigenvalue weighted by Crippen LogP contribution is 2.28. The summed E-state index contributed by atoms with van der Waals surface area (Å²) in [6, 6.07) is 15.8. The first kappa shape index (κ1) is 31.4. The third-order valence-electron chi connectivity index (χ3n) is 6.38. The van der Waals surface area contributed by atoms with Gasteiger partial charge in [0.15, 0.2) is 11.5 Å². The molecule has 3 aromatic rings. The minimum absolute atomic E-state index is 0.101. The van der Waals surface area contributed by atoms with Crippen molar-refractivity contribution in [3.63, 3.8) is 0 Å². The molecule has 0 fully saturated rings. The van der Waals surface area contributed by atoms with Crippen LogP contribution >= 0.6 is 11.3 Å². The first-order valence-corrected chi connectivity index (χ1v) is 15.1. The molecule has 0 saturated carbocycles. The Morgan fingerprint density at radius 1 is 0.875 bits per heavy atom. The molecule has 0 aliphatic rings. The van der Waals surface area contributed by atoms with Crippen molar-refractivity contribution in [1.29, 1.82) is 0 Å². The van der Waals surface area contributed by atoms with Crippen molar-refractivity contribution in [3.05, 3.63) is 69.9 Å². The lowest BCUT2D eigenvalue weighted by Crippen LogP contribution is -2.43. The average molecular weight is 591 g/mol. The molecule has 1 heterocycles. The summed E-state index contributed by atoms with van der Waals surface area (Å²) in [5.41, 5.74) is 0.973. The highest BCUT2D eigenvalue weighted by Gasteiger charge is 2.28. The van der Waals surface area contributed by atoms with E-state index in [1.807, 2.05) is 37.3 Å². The fourth-order valence-corrected chi connectivity index (χ4v) is 6.50. The van der Waals surface area contributed by atoms with Gasteiger partial charge in [-0.1, -0.05) is 6.07 Å². The topological polar surface area (TPSA) is 94.6 Å². The van der Waals surface area contributed by atoms with Crippen molar-refractivity contribution in [1.82, 2.24) is 9.21 Å². The van der Waals surface area contributed by atoms with Gasteiger partial charge >= 0.3 is 0 Å². The smallest absolute Gasteiger partial charge is 0.243 e. The van der Waals surface area contributed by atoms with E-state index in [0.29, 0.717) is 49.8 Å². The van der Waals surface area contributed by atoms with E-state index >= 15 is 0 Å². The number of hydrogen-bond acceptors (Lipinski definition) is 8. The van der Waals surface area contributed by atoms with Gasteiger partial charge in [0, 0.05) is 36.6 Å². The van der Waals surface area contributed by atoms with Crippen molar-refractivity contribution in [3.8, 4) is 17.2 Å². The number of benzene rings is 2. The second-order valence-corrected chi connectivity index (χ2v) is 12.4. The van der Waals surface area contributed by atoms with Gasteiger partial charge in [-0.15, -0.1) is 11.3 Å². The fourth-order valence-electron chi connectivity index (χ4n) is 4.17. The molecule has 0 spiro atoms. The van der Waals surface area contributed by atoms with Crippen LogP contribution in [0.5, 0.6) is 17.2 Å². The maximum atomic E-state index is 13.7. The molecule has 3 rings (SSSR count). The monoisotopic (exact) mass is 590 g/mol. The first-order chi connectivity index (χ1) is 19.2. The van der Waals surface area contributed by atoms with Gasteiger partial charge in [-0.25, -0.2) is 8.42 Å². The second kappa shape index (κ2) is 15.0. The zero-order valence-electron chi connectivity index (χ0n) is 23.7. The Bertz CT molecular complexity index is 1340. The average Bonchev–Trinajstić information content (AvgIpc) is 3.38. The van der Waals surface area contributed by atoms with Crippen molar-refractivity contribution in [2.75, 3.05) is 54.7 Å². The maximum Gasteiger partial charge on any atom is 0.243 e. The largest absolute Gasteiger partial charge is 0.497 e. The van der Waals surface area contributed by atoms with Crippen LogP contribution in [0.1, 0.15) is 21.7 Å². The Hall–Kier alpha value is -3.12. The van der Waals surface area contributed by atoms with Crippen molar-refractivity contribution in [2.24, 2.45) is 0 Å². The molecule has 218 valence electrons. The molecular formula is C29H38N2O7S2. The number of aryl methyl sites for hydroxylation is 1. The number of amides is 1. The van der Waals surface area contributed by atoms with E-state index in [9.17, 15) is 13.2 Å². The first-order valence-electron chi connectivity index (χ1n) is 12.9. The summed E-state index contributed by atoms with van der Waals surface area (Å²) in [5.74, 6) is 1.51. The van der Waals surface area contributed by atoms with Crippen molar-refractivity contribution in [2.45, 2.75) is 31.2 Å². The Kier molecular flexibility index (Phi) is 11.8. The number of nitrogens with zero attached hydrogens (tertiary/aromatic N) is 2. The van der Waals surface area contributed by atoms with Crippen molar-refractivity contribution >= 4 is 27.3 Å². The van der Waals surface area contributed by atoms with Crippen LogP contribution in [0.4, 0.5) is 0 Å². The summed E-state index contributed by atoms with van der Waals surface area (Å²) >= 11 is 1.62. The lowest BCUT2D eigenvalue weighted by molar-refractivity contribution is -0.132. The Balaban J connectivity index is 1.84. The van der Waals surface area contributed by atoms with Gasteiger partial charge in [-0.3, -0.25) is 4.79 Å². The highest BCUT2D eigenvalue weighted by atomic mass is 32.2. The molecule has 0 saturated heterocycles. The molecule has 0 aliphatic carbocycles. The van der Waals surface area contributed by atoms with Gasteiger partial charge in [-0.05, 0) is 73.9 Å². The van der Waals surface area contributed by atoms with Crippen LogP contribution in [0.15, 0.2) is 59.5 Å². The minimum atomic E-state index is -3.94. The van der Waals surface area contributed by atoms with Crippen molar-refractivity contribution < 1.29 is 32.2 Å². The molecule has 0 N–H and O–H groups in total.